The molecule has 0 saturated carbocycles. The van der Waals surface area contributed by atoms with Crippen molar-refractivity contribution in [3.63, 3.8) is 0 Å². The number of benzene rings is 1. The van der Waals surface area contributed by atoms with Crippen LogP contribution in [0.15, 0.2) is 24.3 Å². The Morgan fingerprint density at radius 2 is 1.89 bits per heavy atom. The fourth-order valence-electron chi connectivity index (χ4n) is 1.57. The van der Waals surface area contributed by atoms with Crippen LogP contribution in [-0.2, 0) is 17.4 Å². The van der Waals surface area contributed by atoms with Gasteiger partial charge in [-0.15, -0.1) is 0 Å². The summed E-state index contributed by atoms with van der Waals surface area (Å²) in [6, 6.07) is 4.72. The van der Waals surface area contributed by atoms with Crippen molar-refractivity contribution in [2.24, 2.45) is 5.73 Å². The number of alkyl halides is 3. The number of carbonyl (C=O) groups excluding carboxylic acids is 1. The lowest BCUT2D eigenvalue weighted by atomic mass is 10.0. The summed E-state index contributed by atoms with van der Waals surface area (Å²) in [6.45, 7) is 1.67. The molecule has 3 nitrogen and oxygen atoms in total. The van der Waals surface area contributed by atoms with E-state index in [9.17, 15) is 18.0 Å². The smallest absolute Gasteiger partial charge is 0.352 e. The zero-order valence-electron chi connectivity index (χ0n) is 9.92. The van der Waals surface area contributed by atoms with Crippen molar-refractivity contribution in [2.45, 2.75) is 25.6 Å². The molecule has 0 fully saturated rings. The van der Waals surface area contributed by atoms with Crippen LogP contribution in [0, 0.1) is 0 Å². The fraction of sp³-hybridized carbons (Fsp3) is 0.417. The normalized spacial score (nSPS) is 13.2. The highest BCUT2D eigenvalue weighted by Gasteiger charge is 2.29. The van der Waals surface area contributed by atoms with Crippen LogP contribution in [0.5, 0.6) is 0 Å². The minimum Gasteiger partial charge on any atom is -0.352 e. The summed E-state index contributed by atoms with van der Waals surface area (Å²) in [5, 5.41) is 2.64. The summed E-state index contributed by atoms with van der Waals surface area (Å²) >= 11 is 0. The molecule has 0 bridgehead atoms. The Balaban J connectivity index is 2.61. The molecule has 0 aliphatic carbocycles. The first-order valence-electron chi connectivity index (χ1n) is 5.48. The lowest BCUT2D eigenvalue weighted by molar-refractivity contribution is -0.137. The second-order valence-electron chi connectivity index (χ2n) is 4.07. The molecule has 1 aromatic rings. The van der Waals surface area contributed by atoms with E-state index in [4.69, 9.17) is 5.73 Å². The minimum absolute atomic E-state index is 0.0998. The Hall–Kier alpha value is -1.56. The lowest BCUT2D eigenvalue weighted by Crippen LogP contribution is -2.38. The van der Waals surface area contributed by atoms with Gasteiger partial charge in [0.1, 0.15) is 0 Å². The van der Waals surface area contributed by atoms with Gasteiger partial charge in [-0.25, -0.2) is 0 Å². The van der Waals surface area contributed by atoms with Crippen molar-refractivity contribution in [1.29, 1.82) is 0 Å². The van der Waals surface area contributed by atoms with Crippen molar-refractivity contribution in [3.05, 3.63) is 35.4 Å². The summed E-state index contributed by atoms with van der Waals surface area (Å²) in [5.74, 6) is -0.283. The lowest BCUT2D eigenvalue weighted by Gasteiger charge is -2.14. The maximum Gasteiger partial charge on any atom is 0.416 e. The van der Waals surface area contributed by atoms with E-state index in [0.717, 1.165) is 17.7 Å². The molecule has 1 rings (SSSR count). The van der Waals surface area contributed by atoms with Crippen LogP contribution in [0.2, 0.25) is 0 Å². The van der Waals surface area contributed by atoms with Crippen LogP contribution in [0.3, 0.4) is 0 Å². The molecule has 0 spiro atoms. The summed E-state index contributed by atoms with van der Waals surface area (Å²) in [4.78, 5) is 11.0. The molecule has 1 amide bonds. The van der Waals surface area contributed by atoms with Gasteiger partial charge in [-0.1, -0.05) is 12.1 Å². The van der Waals surface area contributed by atoms with Crippen molar-refractivity contribution in [3.8, 4) is 0 Å². The first-order valence-corrected chi connectivity index (χ1v) is 5.48. The number of hydrogen-bond donors (Lipinski definition) is 2. The summed E-state index contributed by atoms with van der Waals surface area (Å²) in [7, 11) is 0. The molecule has 100 valence electrons. The van der Waals surface area contributed by atoms with Crippen molar-refractivity contribution in [1.82, 2.24) is 5.32 Å². The molecule has 1 atom stereocenters. The molecule has 18 heavy (non-hydrogen) atoms. The molecular formula is C12H15F3N2O. The van der Waals surface area contributed by atoms with E-state index in [1.807, 2.05) is 0 Å². The number of halogens is 3. The molecular weight excluding hydrogens is 245 g/mol. The fourth-order valence-corrected chi connectivity index (χ4v) is 1.57. The number of rotatable bonds is 4. The van der Waals surface area contributed by atoms with E-state index in [0.29, 0.717) is 6.42 Å². The second-order valence-corrected chi connectivity index (χ2v) is 4.07. The Labute approximate surface area is 103 Å². The van der Waals surface area contributed by atoms with Crippen molar-refractivity contribution < 1.29 is 18.0 Å². The van der Waals surface area contributed by atoms with Gasteiger partial charge in [0.15, 0.2) is 0 Å². The SMILES string of the molecule is CC(Cc1ccc(C(F)(F)F)cc1)NC(=O)CN. The molecule has 0 radical (unpaired) electrons. The first kappa shape index (κ1) is 14.5. The number of nitrogens with one attached hydrogen (secondary N) is 1. The average molecular weight is 260 g/mol. The van der Waals surface area contributed by atoms with Gasteiger partial charge >= 0.3 is 6.18 Å². The van der Waals surface area contributed by atoms with Crippen LogP contribution in [0.1, 0.15) is 18.1 Å². The monoisotopic (exact) mass is 260 g/mol. The number of nitrogens with two attached hydrogens (primary N) is 1. The third kappa shape index (κ3) is 4.37. The molecule has 6 heteroatoms. The third-order valence-corrected chi connectivity index (χ3v) is 2.42. The van der Waals surface area contributed by atoms with Crippen LogP contribution in [0.4, 0.5) is 13.2 Å². The number of carbonyl (C=O) groups is 1. The van der Waals surface area contributed by atoms with Crippen LogP contribution >= 0.6 is 0 Å². The van der Waals surface area contributed by atoms with Gasteiger partial charge < -0.3 is 11.1 Å². The molecule has 0 heterocycles. The average Bonchev–Trinajstić information content (AvgIpc) is 2.28. The highest BCUT2D eigenvalue weighted by Crippen LogP contribution is 2.29. The Bertz CT molecular complexity index is 401. The predicted molar refractivity (Wildman–Crippen MR) is 61.8 cm³/mol. The van der Waals surface area contributed by atoms with Gasteiger partial charge in [-0.3, -0.25) is 4.79 Å². The highest BCUT2D eigenvalue weighted by molar-refractivity contribution is 5.78. The molecule has 0 aliphatic heterocycles. The summed E-state index contributed by atoms with van der Waals surface area (Å²) in [6.07, 6.45) is -3.86. The van der Waals surface area contributed by atoms with E-state index in [-0.39, 0.29) is 18.5 Å². The number of amides is 1. The molecule has 0 aromatic heterocycles. The van der Waals surface area contributed by atoms with Gasteiger partial charge in [0.05, 0.1) is 12.1 Å². The maximum atomic E-state index is 12.3. The van der Waals surface area contributed by atoms with Crippen LogP contribution in [0.25, 0.3) is 0 Å². The van der Waals surface area contributed by atoms with Crippen LogP contribution in [-0.4, -0.2) is 18.5 Å². The van der Waals surface area contributed by atoms with E-state index < -0.39 is 11.7 Å². The molecule has 3 N–H and O–H groups in total. The Morgan fingerprint density at radius 3 is 2.33 bits per heavy atom. The molecule has 1 unspecified atom stereocenters. The zero-order chi connectivity index (χ0) is 13.8. The summed E-state index contributed by atoms with van der Waals surface area (Å²) in [5.41, 5.74) is 5.20. The van der Waals surface area contributed by atoms with Gasteiger partial charge in [-0.05, 0) is 31.0 Å². The minimum atomic E-state index is -4.32. The Kier molecular flexibility index (Phi) is 4.72. The third-order valence-electron chi connectivity index (χ3n) is 2.42. The highest BCUT2D eigenvalue weighted by atomic mass is 19.4. The topological polar surface area (TPSA) is 55.1 Å². The maximum absolute atomic E-state index is 12.3. The van der Waals surface area contributed by atoms with E-state index in [1.165, 1.54) is 12.1 Å². The second kappa shape index (κ2) is 5.86. The van der Waals surface area contributed by atoms with Gasteiger partial charge in [0.25, 0.3) is 0 Å². The van der Waals surface area contributed by atoms with Crippen molar-refractivity contribution in [2.75, 3.05) is 6.54 Å². The molecule has 0 saturated heterocycles. The molecule has 0 aliphatic rings. The summed E-state index contributed by atoms with van der Waals surface area (Å²) < 4.78 is 37.0. The predicted octanol–water partition coefficient (Wildman–Crippen LogP) is 1.71. The van der Waals surface area contributed by atoms with Crippen molar-refractivity contribution >= 4 is 5.91 Å². The first-order chi connectivity index (χ1) is 8.32. The number of hydrogen-bond acceptors (Lipinski definition) is 2. The largest absolute Gasteiger partial charge is 0.416 e. The van der Waals surface area contributed by atoms with E-state index >= 15 is 0 Å². The zero-order valence-corrected chi connectivity index (χ0v) is 9.92. The Morgan fingerprint density at radius 1 is 1.33 bits per heavy atom. The van der Waals surface area contributed by atoms with Gasteiger partial charge in [-0.2, -0.15) is 13.2 Å². The van der Waals surface area contributed by atoms with Crippen LogP contribution < -0.4 is 11.1 Å². The van der Waals surface area contributed by atoms with Gasteiger partial charge in [0, 0.05) is 6.04 Å². The van der Waals surface area contributed by atoms with Gasteiger partial charge in [0.2, 0.25) is 5.91 Å². The molecule has 1 aromatic carbocycles. The quantitative estimate of drug-likeness (QED) is 0.866. The van der Waals surface area contributed by atoms with E-state index in [2.05, 4.69) is 5.32 Å². The standard InChI is InChI=1S/C12H15F3N2O/c1-8(17-11(18)7-16)6-9-2-4-10(5-3-9)12(13,14)15/h2-5,8H,6-7,16H2,1H3,(H,17,18). The van der Waals surface area contributed by atoms with E-state index in [1.54, 1.807) is 6.92 Å².